The summed E-state index contributed by atoms with van der Waals surface area (Å²) < 4.78 is 2.34. The van der Waals surface area contributed by atoms with Gasteiger partial charge in [0.1, 0.15) is 5.82 Å². The molecule has 29 heavy (non-hydrogen) atoms. The van der Waals surface area contributed by atoms with Crippen LogP contribution in [0, 0.1) is 13.8 Å². The molecule has 4 rings (SSSR count). The standard InChI is InChI=1S/C24H30N4O/c1-17-9-7-12-21(18(17)2)28-16-19(15-23(28)29)24-25-20-10-5-6-11-22(20)27(24)14-8-13-26(3)4/h5-7,9-12,19H,8,13-16H2,1-4H3. The van der Waals surface area contributed by atoms with Gasteiger partial charge >= 0.3 is 0 Å². The molecule has 0 spiro atoms. The fourth-order valence-corrected chi connectivity index (χ4v) is 4.33. The lowest BCUT2D eigenvalue weighted by molar-refractivity contribution is -0.117. The fraction of sp³-hybridized carbons (Fsp3) is 0.417. The van der Waals surface area contributed by atoms with Crippen LogP contribution in [0.5, 0.6) is 0 Å². The number of aromatic nitrogens is 2. The van der Waals surface area contributed by atoms with Gasteiger partial charge in [0.2, 0.25) is 5.91 Å². The van der Waals surface area contributed by atoms with E-state index < -0.39 is 0 Å². The summed E-state index contributed by atoms with van der Waals surface area (Å²) in [4.78, 5) is 22.1. The SMILES string of the molecule is Cc1cccc(N2CC(c3nc4ccccc4n3CCCN(C)C)CC2=O)c1C. The number of nitrogens with zero attached hydrogens (tertiary/aromatic N) is 4. The summed E-state index contributed by atoms with van der Waals surface area (Å²) in [6, 6.07) is 14.5. The average molecular weight is 391 g/mol. The molecule has 1 aromatic heterocycles. The minimum atomic E-state index is 0.120. The van der Waals surface area contributed by atoms with Crippen molar-refractivity contribution in [2.24, 2.45) is 0 Å². The van der Waals surface area contributed by atoms with Crippen LogP contribution in [0.15, 0.2) is 42.5 Å². The van der Waals surface area contributed by atoms with Gasteiger partial charge in [-0.05, 0) is 70.2 Å². The highest BCUT2D eigenvalue weighted by atomic mass is 16.2. The van der Waals surface area contributed by atoms with Crippen LogP contribution in [0.3, 0.4) is 0 Å². The van der Waals surface area contributed by atoms with Crippen LogP contribution < -0.4 is 4.90 Å². The van der Waals surface area contributed by atoms with Gasteiger partial charge in [-0.2, -0.15) is 0 Å². The highest BCUT2D eigenvalue weighted by molar-refractivity contribution is 5.97. The largest absolute Gasteiger partial charge is 0.328 e. The Morgan fingerprint density at radius 1 is 1.10 bits per heavy atom. The summed E-state index contributed by atoms with van der Waals surface area (Å²) in [7, 11) is 4.20. The zero-order valence-electron chi connectivity index (χ0n) is 17.9. The van der Waals surface area contributed by atoms with Crippen LogP contribution in [0.4, 0.5) is 5.69 Å². The number of rotatable bonds is 6. The Balaban J connectivity index is 1.66. The van der Waals surface area contributed by atoms with Crippen LogP contribution >= 0.6 is 0 Å². The lowest BCUT2D eigenvalue weighted by Gasteiger charge is -2.20. The van der Waals surface area contributed by atoms with Crippen LogP contribution in [0.25, 0.3) is 11.0 Å². The first-order valence-corrected chi connectivity index (χ1v) is 10.4. The Labute approximate surface area is 172 Å². The maximum Gasteiger partial charge on any atom is 0.227 e. The molecule has 2 heterocycles. The molecule has 0 radical (unpaired) electrons. The van der Waals surface area contributed by atoms with Gasteiger partial charge in [0.15, 0.2) is 0 Å². The van der Waals surface area contributed by atoms with Crippen molar-refractivity contribution >= 4 is 22.6 Å². The van der Waals surface area contributed by atoms with E-state index in [2.05, 4.69) is 67.7 Å². The van der Waals surface area contributed by atoms with Gasteiger partial charge in [0.05, 0.1) is 11.0 Å². The molecule has 0 saturated carbocycles. The molecule has 152 valence electrons. The van der Waals surface area contributed by atoms with Crippen LogP contribution in [-0.2, 0) is 11.3 Å². The van der Waals surface area contributed by atoms with Crippen molar-refractivity contribution in [3.8, 4) is 0 Å². The van der Waals surface area contributed by atoms with Gasteiger partial charge in [-0.25, -0.2) is 4.98 Å². The number of anilines is 1. The van der Waals surface area contributed by atoms with E-state index in [-0.39, 0.29) is 11.8 Å². The Bertz CT molecular complexity index is 1040. The Morgan fingerprint density at radius 3 is 2.69 bits per heavy atom. The third-order valence-electron chi connectivity index (χ3n) is 6.03. The number of fused-ring (bicyclic) bond motifs is 1. The summed E-state index contributed by atoms with van der Waals surface area (Å²) in [5, 5.41) is 0. The normalized spacial score (nSPS) is 17.1. The molecule has 1 atom stereocenters. The van der Waals surface area contributed by atoms with E-state index in [4.69, 9.17) is 4.98 Å². The highest BCUT2D eigenvalue weighted by Crippen LogP contribution is 2.35. The van der Waals surface area contributed by atoms with Gasteiger partial charge in [-0.15, -0.1) is 0 Å². The maximum absolute atomic E-state index is 12.9. The molecule has 1 saturated heterocycles. The summed E-state index contributed by atoms with van der Waals surface area (Å²) in [5.74, 6) is 1.36. The first-order valence-electron chi connectivity index (χ1n) is 10.4. The van der Waals surface area contributed by atoms with E-state index in [1.807, 2.05) is 17.0 Å². The maximum atomic E-state index is 12.9. The average Bonchev–Trinajstić information content (AvgIpc) is 3.25. The van der Waals surface area contributed by atoms with Crippen molar-refractivity contribution in [2.45, 2.75) is 39.2 Å². The second-order valence-corrected chi connectivity index (χ2v) is 8.39. The van der Waals surface area contributed by atoms with Crippen molar-refractivity contribution in [1.29, 1.82) is 0 Å². The van der Waals surface area contributed by atoms with E-state index in [0.29, 0.717) is 13.0 Å². The molecule has 1 fully saturated rings. The number of hydrogen-bond donors (Lipinski definition) is 0. The summed E-state index contributed by atoms with van der Waals surface area (Å²) in [6.07, 6.45) is 1.58. The van der Waals surface area contributed by atoms with Gasteiger partial charge in [0, 0.05) is 31.1 Å². The molecule has 0 N–H and O–H groups in total. The predicted molar refractivity (Wildman–Crippen MR) is 119 cm³/mol. The molecule has 1 aliphatic heterocycles. The predicted octanol–water partition coefficient (Wildman–Crippen LogP) is 4.13. The number of imidazole rings is 1. The zero-order valence-corrected chi connectivity index (χ0v) is 17.9. The number of benzene rings is 2. The Morgan fingerprint density at radius 2 is 1.90 bits per heavy atom. The van der Waals surface area contributed by atoms with Crippen LogP contribution in [0.1, 0.15) is 35.7 Å². The van der Waals surface area contributed by atoms with Crippen LogP contribution in [-0.4, -0.2) is 47.5 Å². The van der Waals surface area contributed by atoms with Crippen molar-refractivity contribution in [1.82, 2.24) is 14.5 Å². The number of carbonyl (C=O) groups excluding carboxylic acids is 1. The smallest absolute Gasteiger partial charge is 0.227 e. The molecular formula is C24H30N4O. The highest BCUT2D eigenvalue weighted by Gasteiger charge is 2.35. The molecule has 5 nitrogen and oxygen atoms in total. The van der Waals surface area contributed by atoms with Crippen LogP contribution in [0.2, 0.25) is 0 Å². The first-order chi connectivity index (χ1) is 14.0. The molecule has 2 aromatic carbocycles. The third kappa shape index (κ3) is 3.79. The molecule has 0 aliphatic carbocycles. The van der Waals surface area contributed by atoms with Crippen molar-refractivity contribution < 1.29 is 4.79 Å². The lowest BCUT2D eigenvalue weighted by Crippen LogP contribution is -2.25. The van der Waals surface area contributed by atoms with E-state index in [1.165, 1.54) is 16.6 Å². The monoisotopic (exact) mass is 390 g/mol. The zero-order chi connectivity index (χ0) is 20.5. The Hall–Kier alpha value is -2.66. The quantitative estimate of drug-likeness (QED) is 0.636. The van der Waals surface area contributed by atoms with Gasteiger partial charge in [0.25, 0.3) is 0 Å². The summed E-state index contributed by atoms with van der Waals surface area (Å²) in [6.45, 7) is 6.84. The molecule has 0 bridgehead atoms. The molecule has 1 aliphatic rings. The topological polar surface area (TPSA) is 41.4 Å². The van der Waals surface area contributed by atoms with E-state index in [0.717, 1.165) is 36.5 Å². The second-order valence-electron chi connectivity index (χ2n) is 8.39. The lowest BCUT2D eigenvalue weighted by atomic mass is 10.1. The van der Waals surface area contributed by atoms with E-state index in [1.54, 1.807) is 0 Å². The van der Waals surface area contributed by atoms with Gasteiger partial charge in [-0.3, -0.25) is 4.79 Å². The number of hydrogen-bond acceptors (Lipinski definition) is 3. The second kappa shape index (κ2) is 7.99. The van der Waals surface area contributed by atoms with Crippen molar-refractivity contribution in [3.05, 3.63) is 59.4 Å². The molecule has 1 unspecified atom stereocenters. The molecule has 3 aromatic rings. The first kappa shape index (κ1) is 19.6. The molecular weight excluding hydrogens is 360 g/mol. The summed E-state index contributed by atoms with van der Waals surface area (Å²) in [5.41, 5.74) is 5.62. The number of amides is 1. The number of carbonyl (C=O) groups is 1. The fourth-order valence-electron chi connectivity index (χ4n) is 4.33. The minimum Gasteiger partial charge on any atom is -0.328 e. The van der Waals surface area contributed by atoms with E-state index >= 15 is 0 Å². The van der Waals surface area contributed by atoms with Gasteiger partial charge in [-0.1, -0.05) is 24.3 Å². The Kier molecular flexibility index (Phi) is 5.41. The summed E-state index contributed by atoms with van der Waals surface area (Å²) >= 11 is 0. The molecule has 5 heteroatoms. The number of para-hydroxylation sites is 2. The third-order valence-corrected chi connectivity index (χ3v) is 6.03. The molecule has 1 amide bonds. The van der Waals surface area contributed by atoms with Gasteiger partial charge < -0.3 is 14.4 Å². The van der Waals surface area contributed by atoms with Crippen molar-refractivity contribution in [2.75, 3.05) is 32.1 Å². The number of aryl methyl sites for hydroxylation is 2. The van der Waals surface area contributed by atoms with Crippen molar-refractivity contribution in [3.63, 3.8) is 0 Å². The minimum absolute atomic E-state index is 0.120. The van der Waals surface area contributed by atoms with E-state index in [9.17, 15) is 4.79 Å².